The average molecular weight is 219 g/mol. The van der Waals surface area contributed by atoms with Crippen molar-refractivity contribution in [2.45, 2.75) is 26.8 Å². The Morgan fingerprint density at radius 2 is 1.81 bits per heavy atom. The second kappa shape index (κ2) is 4.26. The summed E-state index contributed by atoms with van der Waals surface area (Å²) in [6, 6.07) is 4.27. The van der Waals surface area contributed by atoms with Crippen LogP contribution in [0.3, 0.4) is 0 Å². The Morgan fingerprint density at radius 3 is 2.25 bits per heavy atom. The lowest BCUT2D eigenvalue weighted by Gasteiger charge is -2.27. The van der Waals surface area contributed by atoms with Gasteiger partial charge in [-0.1, -0.05) is 17.7 Å². The fourth-order valence-corrected chi connectivity index (χ4v) is 2.11. The molecule has 86 valence electrons. The first-order chi connectivity index (χ1) is 7.58. The number of benzene rings is 1. The molecule has 0 bridgehead atoms. The van der Waals surface area contributed by atoms with E-state index in [0.717, 1.165) is 16.7 Å². The Balaban J connectivity index is 2.21. The number of aryl methyl sites for hydroxylation is 3. The Hall–Kier alpha value is -1.35. The first-order valence-electron chi connectivity index (χ1n) is 5.54. The van der Waals surface area contributed by atoms with E-state index in [0.29, 0.717) is 13.2 Å². The monoisotopic (exact) mass is 219 g/mol. The molecule has 1 heterocycles. The van der Waals surface area contributed by atoms with Crippen molar-refractivity contribution >= 4 is 5.91 Å². The number of nitrogens with one attached hydrogen (secondary N) is 1. The van der Waals surface area contributed by atoms with Crippen LogP contribution in [0.1, 0.15) is 27.0 Å². The highest BCUT2D eigenvalue weighted by atomic mass is 16.5. The van der Waals surface area contributed by atoms with Crippen LogP contribution >= 0.6 is 0 Å². The van der Waals surface area contributed by atoms with Crippen LogP contribution in [0.5, 0.6) is 0 Å². The third-order valence-electron chi connectivity index (χ3n) is 2.88. The molecule has 1 N–H and O–H groups in total. The number of hydrogen-bond donors (Lipinski definition) is 1. The van der Waals surface area contributed by atoms with Gasteiger partial charge in [-0.2, -0.15) is 0 Å². The Kier molecular flexibility index (Phi) is 2.97. The number of rotatable bonds is 2. The summed E-state index contributed by atoms with van der Waals surface area (Å²) in [7, 11) is 0. The van der Waals surface area contributed by atoms with Gasteiger partial charge < -0.3 is 10.1 Å². The molecule has 0 atom stereocenters. The van der Waals surface area contributed by atoms with Gasteiger partial charge in [-0.3, -0.25) is 4.79 Å². The highest BCUT2D eigenvalue weighted by Gasteiger charge is 2.22. The molecule has 3 nitrogen and oxygen atoms in total. The van der Waals surface area contributed by atoms with Crippen molar-refractivity contribution < 1.29 is 9.53 Å². The van der Waals surface area contributed by atoms with E-state index in [4.69, 9.17) is 4.74 Å². The largest absolute Gasteiger partial charge is 0.377 e. The fraction of sp³-hybridized carbons (Fsp3) is 0.462. The topological polar surface area (TPSA) is 38.3 Å². The molecule has 1 aliphatic heterocycles. The second-order valence-electron chi connectivity index (χ2n) is 4.48. The number of ether oxygens (including phenoxy) is 1. The van der Waals surface area contributed by atoms with Crippen molar-refractivity contribution in [3.8, 4) is 0 Å². The summed E-state index contributed by atoms with van der Waals surface area (Å²) in [5.74, 6) is 0.0169. The van der Waals surface area contributed by atoms with Crippen LogP contribution in [-0.4, -0.2) is 25.2 Å². The fourth-order valence-electron chi connectivity index (χ4n) is 2.11. The second-order valence-corrected chi connectivity index (χ2v) is 4.48. The first-order valence-corrected chi connectivity index (χ1v) is 5.54. The minimum Gasteiger partial charge on any atom is -0.377 e. The quantitative estimate of drug-likeness (QED) is 0.822. The van der Waals surface area contributed by atoms with Gasteiger partial charge in [0.25, 0.3) is 5.91 Å². The number of carbonyl (C=O) groups is 1. The van der Waals surface area contributed by atoms with E-state index in [9.17, 15) is 4.79 Å². The molecule has 0 aromatic heterocycles. The maximum atomic E-state index is 12.0. The summed E-state index contributed by atoms with van der Waals surface area (Å²) in [6.07, 6.45) is 0. The van der Waals surface area contributed by atoms with E-state index in [2.05, 4.69) is 5.32 Å². The third kappa shape index (κ3) is 2.09. The van der Waals surface area contributed by atoms with Crippen LogP contribution in [0, 0.1) is 20.8 Å². The molecular weight excluding hydrogens is 202 g/mol. The summed E-state index contributed by atoms with van der Waals surface area (Å²) in [4.78, 5) is 12.0. The molecule has 1 fully saturated rings. The van der Waals surface area contributed by atoms with Crippen molar-refractivity contribution in [3.05, 3.63) is 34.4 Å². The van der Waals surface area contributed by atoms with Gasteiger partial charge in [-0.15, -0.1) is 0 Å². The maximum Gasteiger partial charge on any atom is 0.252 e. The Bertz CT molecular complexity index is 399. The predicted molar refractivity (Wildman–Crippen MR) is 62.7 cm³/mol. The zero-order valence-corrected chi connectivity index (χ0v) is 9.96. The molecule has 1 aromatic carbocycles. The summed E-state index contributed by atoms with van der Waals surface area (Å²) in [5, 5.41) is 2.97. The van der Waals surface area contributed by atoms with Gasteiger partial charge >= 0.3 is 0 Å². The lowest BCUT2D eigenvalue weighted by Crippen LogP contribution is -2.48. The van der Waals surface area contributed by atoms with Crippen molar-refractivity contribution in [1.82, 2.24) is 5.32 Å². The predicted octanol–water partition coefficient (Wildman–Crippen LogP) is 1.74. The average Bonchev–Trinajstić information content (AvgIpc) is 2.09. The van der Waals surface area contributed by atoms with Gasteiger partial charge in [0, 0.05) is 5.56 Å². The van der Waals surface area contributed by atoms with Crippen LogP contribution in [0.15, 0.2) is 12.1 Å². The number of amides is 1. The molecule has 0 radical (unpaired) electrons. The number of hydrogen-bond acceptors (Lipinski definition) is 2. The van der Waals surface area contributed by atoms with Crippen LogP contribution in [0.4, 0.5) is 0 Å². The van der Waals surface area contributed by atoms with Crippen molar-refractivity contribution in [3.63, 3.8) is 0 Å². The minimum atomic E-state index is 0.0169. The van der Waals surface area contributed by atoms with Gasteiger partial charge in [0.2, 0.25) is 0 Å². The normalized spacial score (nSPS) is 15.7. The maximum absolute atomic E-state index is 12.0. The molecule has 1 saturated heterocycles. The molecule has 0 spiro atoms. The molecule has 16 heavy (non-hydrogen) atoms. The first kappa shape index (κ1) is 11.1. The van der Waals surface area contributed by atoms with E-state index in [1.54, 1.807) is 0 Å². The van der Waals surface area contributed by atoms with Crippen LogP contribution < -0.4 is 5.32 Å². The summed E-state index contributed by atoms with van der Waals surface area (Å²) >= 11 is 0. The third-order valence-corrected chi connectivity index (χ3v) is 2.88. The highest BCUT2D eigenvalue weighted by Crippen LogP contribution is 2.16. The number of carbonyl (C=O) groups excluding carboxylic acids is 1. The smallest absolute Gasteiger partial charge is 0.252 e. The van der Waals surface area contributed by atoms with E-state index in [1.807, 2.05) is 32.9 Å². The Morgan fingerprint density at radius 1 is 1.25 bits per heavy atom. The molecule has 0 unspecified atom stereocenters. The van der Waals surface area contributed by atoms with E-state index < -0.39 is 0 Å². The minimum absolute atomic E-state index is 0.0169. The van der Waals surface area contributed by atoms with Gasteiger partial charge in [-0.05, 0) is 31.9 Å². The lowest BCUT2D eigenvalue weighted by atomic mass is 9.99. The van der Waals surface area contributed by atoms with Gasteiger partial charge in [0.15, 0.2) is 0 Å². The molecule has 0 saturated carbocycles. The molecule has 1 amide bonds. The van der Waals surface area contributed by atoms with Crippen LogP contribution in [-0.2, 0) is 4.74 Å². The van der Waals surface area contributed by atoms with E-state index in [-0.39, 0.29) is 11.9 Å². The van der Waals surface area contributed by atoms with Crippen molar-refractivity contribution in [2.24, 2.45) is 0 Å². The molecule has 0 aliphatic carbocycles. The molecule has 2 rings (SSSR count). The summed E-state index contributed by atoms with van der Waals surface area (Å²) in [5.41, 5.74) is 4.07. The highest BCUT2D eigenvalue weighted by molar-refractivity contribution is 5.97. The zero-order chi connectivity index (χ0) is 11.7. The lowest BCUT2D eigenvalue weighted by molar-refractivity contribution is -0.00348. The van der Waals surface area contributed by atoms with Gasteiger partial charge in [0.1, 0.15) is 0 Å². The Labute approximate surface area is 95.8 Å². The molecule has 1 aromatic rings. The summed E-state index contributed by atoms with van der Waals surface area (Å²) < 4.78 is 5.04. The van der Waals surface area contributed by atoms with Crippen molar-refractivity contribution in [2.75, 3.05) is 13.2 Å². The van der Waals surface area contributed by atoms with Gasteiger partial charge in [0.05, 0.1) is 19.3 Å². The molecule has 1 aliphatic rings. The SMILES string of the molecule is Cc1cc(C)c(C(=O)NC2COC2)c(C)c1. The zero-order valence-electron chi connectivity index (χ0n) is 9.96. The molecular formula is C13H17NO2. The van der Waals surface area contributed by atoms with E-state index in [1.165, 1.54) is 5.56 Å². The van der Waals surface area contributed by atoms with Crippen molar-refractivity contribution in [1.29, 1.82) is 0 Å². The van der Waals surface area contributed by atoms with Crippen LogP contribution in [0.2, 0.25) is 0 Å². The van der Waals surface area contributed by atoms with E-state index >= 15 is 0 Å². The van der Waals surface area contributed by atoms with Gasteiger partial charge in [-0.25, -0.2) is 0 Å². The standard InChI is InChI=1S/C13H17NO2/c1-8-4-9(2)12(10(3)5-8)13(15)14-11-6-16-7-11/h4-5,11H,6-7H2,1-3H3,(H,14,15). The van der Waals surface area contributed by atoms with Crippen LogP contribution in [0.25, 0.3) is 0 Å². The summed E-state index contributed by atoms with van der Waals surface area (Å²) in [6.45, 7) is 7.27. The molecule has 3 heteroatoms.